The van der Waals surface area contributed by atoms with Gasteiger partial charge in [-0.05, 0) is 62.2 Å². The van der Waals surface area contributed by atoms with Crippen LogP contribution in [-0.2, 0) is 10.2 Å². The molecule has 110 valence electrons. The van der Waals surface area contributed by atoms with Crippen LogP contribution in [0.3, 0.4) is 0 Å². The zero-order valence-electron chi connectivity index (χ0n) is 12.8. The molecule has 1 aromatic heterocycles. The maximum atomic E-state index is 12.0. The number of nitrogens with zero attached hydrogens (tertiary/aromatic N) is 1. The molecule has 3 aromatic rings. The first kappa shape index (κ1) is 13.1. The van der Waals surface area contributed by atoms with E-state index < -0.39 is 5.41 Å². The van der Waals surface area contributed by atoms with E-state index in [2.05, 4.69) is 40.4 Å². The minimum atomic E-state index is -0.506. The second kappa shape index (κ2) is 4.19. The fourth-order valence-electron chi connectivity index (χ4n) is 2.98. The summed E-state index contributed by atoms with van der Waals surface area (Å²) >= 11 is 0. The zero-order valence-corrected chi connectivity index (χ0v) is 12.8. The number of hydrogen-bond donors (Lipinski definition) is 2. The molecular formula is C18H17N3O. The average Bonchev–Trinajstić information content (AvgIpc) is 2.98. The minimum Gasteiger partial charge on any atom is -0.338 e. The van der Waals surface area contributed by atoms with Crippen LogP contribution in [0.4, 0.5) is 5.69 Å². The fourth-order valence-corrected chi connectivity index (χ4v) is 2.98. The summed E-state index contributed by atoms with van der Waals surface area (Å²) in [5.74, 6) is 0.874. The van der Waals surface area contributed by atoms with Crippen molar-refractivity contribution in [1.82, 2.24) is 9.97 Å². The highest BCUT2D eigenvalue weighted by Crippen LogP contribution is 2.39. The van der Waals surface area contributed by atoms with Crippen LogP contribution in [0.5, 0.6) is 0 Å². The fraction of sp³-hybridized carbons (Fsp3) is 0.222. The molecule has 0 radical (unpaired) electrons. The molecule has 0 unspecified atom stereocenters. The number of anilines is 1. The third kappa shape index (κ3) is 1.77. The van der Waals surface area contributed by atoms with Crippen molar-refractivity contribution in [3.05, 3.63) is 47.5 Å². The number of aryl methyl sites for hydroxylation is 1. The average molecular weight is 291 g/mol. The van der Waals surface area contributed by atoms with E-state index in [4.69, 9.17) is 0 Å². The summed E-state index contributed by atoms with van der Waals surface area (Å²) in [5.41, 5.74) is 5.59. The van der Waals surface area contributed by atoms with Crippen molar-refractivity contribution in [2.45, 2.75) is 26.2 Å². The Kier molecular flexibility index (Phi) is 2.49. The van der Waals surface area contributed by atoms with Gasteiger partial charge in [0.1, 0.15) is 5.82 Å². The topological polar surface area (TPSA) is 57.8 Å². The highest BCUT2D eigenvalue weighted by atomic mass is 16.2. The number of aromatic nitrogens is 2. The zero-order chi connectivity index (χ0) is 15.5. The Morgan fingerprint density at radius 1 is 1.09 bits per heavy atom. The first-order valence-electron chi connectivity index (χ1n) is 7.38. The minimum absolute atomic E-state index is 0.0416. The van der Waals surface area contributed by atoms with Gasteiger partial charge >= 0.3 is 0 Å². The lowest BCUT2D eigenvalue weighted by Crippen LogP contribution is -2.26. The van der Waals surface area contributed by atoms with Crippen molar-refractivity contribution in [1.29, 1.82) is 0 Å². The Balaban J connectivity index is 1.86. The van der Waals surface area contributed by atoms with Gasteiger partial charge in [-0.15, -0.1) is 0 Å². The number of H-pyrrole nitrogens is 1. The molecule has 2 aromatic carbocycles. The summed E-state index contributed by atoms with van der Waals surface area (Å²) < 4.78 is 0. The molecular weight excluding hydrogens is 274 g/mol. The van der Waals surface area contributed by atoms with Gasteiger partial charge in [-0.3, -0.25) is 4.79 Å². The Hall–Kier alpha value is -2.62. The molecule has 0 saturated carbocycles. The molecule has 4 heteroatoms. The van der Waals surface area contributed by atoms with E-state index in [0.717, 1.165) is 33.7 Å². The first-order chi connectivity index (χ1) is 10.4. The molecule has 22 heavy (non-hydrogen) atoms. The van der Waals surface area contributed by atoms with Gasteiger partial charge in [0.05, 0.1) is 16.4 Å². The lowest BCUT2D eigenvalue weighted by molar-refractivity contribution is -0.119. The predicted octanol–water partition coefficient (Wildman–Crippen LogP) is 3.77. The smallest absolute Gasteiger partial charge is 0.234 e. The lowest BCUT2D eigenvalue weighted by atomic mass is 9.85. The largest absolute Gasteiger partial charge is 0.338 e. The maximum Gasteiger partial charge on any atom is 0.234 e. The van der Waals surface area contributed by atoms with E-state index in [0.29, 0.717) is 0 Å². The van der Waals surface area contributed by atoms with Crippen LogP contribution in [-0.4, -0.2) is 15.9 Å². The molecule has 4 rings (SSSR count). The number of imidazole rings is 1. The third-order valence-electron chi connectivity index (χ3n) is 4.42. The first-order valence-corrected chi connectivity index (χ1v) is 7.38. The highest BCUT2D eigenvalue weighted by Gasteiger charge is 2.38. The van der Waals surface area contributed by atoms with E-state index in [-0.39, 0.29) is 5.91 Å². The van der Waals surface area contributed by atoms with Gasteiger partial charge in [-0.25, -0.2) is 4.98 Å². The van der Waals surface area contributed by atoms with Crippen LogP contribution in [0.2, 0.25) is 0 Å². The summed E-state index contributed by atoms with van der Waals surface area (Å²) in [6.45, 7) is 5.95. The summed E-state index contributed by atoms with van der Waals surface area (Å²) in [4.78, 5) is 20.1. The Morgan fingerprint density at radius 2 is 1.91 bits per heavy atom. The molecule has 0 fully saturated rings. The van der Waals surface area contributed by atoms with Crippen LogP contribution >= 0.6 is 0 Å². The van der Waals surface area contributed by atoms with Crippen molar-refractivity contribution in [3.63, 3.8) is 0 Å². The predicted molar refractivity (Wildman–Crippen MR) is 87.9 cm³/mol. The number of carbonyl (C=O) groups is 1. The van der Waals surface area contributed by atoms with Gasteiger partial charge < -0.3 is 10.3 Å². The van der Waals surface area contributed by atoms with Crippen molar-refractivity contribution in [2.75, 3.05) is 5.32 Å². The molecule has 2 N–H and O–H groups in total. The van der Waals surface area contributed by atoms with Crippen LogP contribution in [0.1, 0.15) is 25.0 Å². The number of amides is 1. The van der Waals surface area contributed by atoms with Crippen LogP contribution < -0.4 is 5.32 Å². The molecule has 4 nitrogen and oxygen atoms in total. The lowest BCUT2D eigenvalue weighted by Gasteiger charge is -2.15. The number of rotatable bonds is 1. The van der Waals surface area contributed by atoms with Gasteiger partial charge in [0.2, 0.25) is 5.91 Å². The molecule has 0 spiro atoms. The van der Waals surface area contributed by atoms with E-state index in [1.54, 1.807) is 0 Å². The van der Waals surface area contributed by atoms with E-state index in [9.17, 15) is 4.79 Å². The molecule has 0 atom stereocenters. The van der Waals surface area contributed by atoms with Gasteiger partial charge in [0, 0.05) is 11.3 Å². The van der Waals surface area contributed by atoms with E-state index in [1.807, 2.05) is 32.0 Å². The number of nitrogens with one attached hydrogen (secondary N) is 2. The number of benzene rings is 2. The Labute approximate surface area is 128 Å². The number of hydrogen-bond acceptors (Lipinski definition) is 2. The number of aromatic amines is 1. The van der Waals surface area contributed by atoms with Gasteiger partial charge in [-0.2, -0.15) is 0 Å². The molecule has 1 aliphatic rings. The van der Waals surface area contributed by atoms with E-state index >= 15 is 0 Å². The molecule has 2 heterocycles. The van der Waals surface area contributed by atoms with Crippen molar-refractivity contribution in [3.8, 4) is 11.4 Å². The van der Waals surface area contributed by atoms with Crippen molar-refractivity contribution in [2.24, 2.45) is 0 Å². The molecule has 1 aliphatic heterocycles. The standard InChI is InChI=1S/C18H17N3O/c1-10-4-6-14-15(8-10)20-16(19-14)11-5-7-13-12(9-11)18(2,3)17(22)21-13/h4-9H,1-3H3,(H,19,20)(H,21,22). The summed E-state index contributed by atoms with van der Waals surface area (Å²) in [7, 11) is 0. The molecule has 0 bridgehead atoms. The van der Waals surface area contributed by atoms with Crippen molar-refractivity contribution < 1.29 is 4.79 Å². The molecule has 0 saturated heterocycles. The second-order valence-electron chi connectivity index (χ2n) is 6.45. The monoisotopic (exact) mass is 291 g/mol. The second-order valence-corrected chi connectivity index (χ2v) is 6.45. The third-order valence-corrected chi connectivity index (χ3v) is 4.42. The quantitative estimate of drug-likeness (QED) is 0.717. The summed E-state index contributed by atoms with van der Waals surface area (Å²) in [6.07, 6.45) is 0. The Morgan fingerprint density at radius 3 is 2.73 bits per heavy atom. The maximum absolute atomic E-state index is 12.0. The molecule has 0 aliphatic carbocycles. The molecule has 1 amide bonds. The van der Waals surface area contributed by atoms with Crippen LogP contribution in [0.15, 0.2) is 36.4 Å². The summed E-state index contributed by atoms with van der Waals surface area (Å²) in [6, 6.07) is 12.2. The van der Waals surface area contributed by atoms with Crippen LogP contribution in [0, 0.1) is 6.92 Å². The van der Waals surface area contributed by atoms with Crippen molar-refractivity contribution >= 4 is 22.6 Å². The normalized spacial score (nSPS) is 15.9. The van der Waals surface area contributed by atoms with E-state index in [1.165, 1.54) is 5.56 Å². The van der Waals surface area contributed by atoms with Gasteiger partial charge in [0.25, 0.3) is 0 Å². The van der Waals surface area contributed by atoms with Gasteiger partial charge in [0.15, 0.2) is 0 Å². The number of carbonyl (C=O) groups excluding carboxylic acids is 1. The summed E-state index contributed by atoms with van der Waals surface area (Å²) in [5, 5.41) is 2.93. The van der Waals surface area contributed by atoms with Gasteiger partial charge in [-0.1, -0.05) is 6.07 Å². The van der Waals surface area contributed by atoms with Crippen LogP contribution in [0.25, 0.3) is 22.4 Å². The Bertz CT molecular complexity index is 921. The highest BCUT2D eigenvalue weighted by molar-refractivity contribution is 6.06. The number of fused-ring (bicyclic) bond motifs is 2. The SMILES string of the molecule is Cc1ccc2nc(-c3ccc4c(c3)C(C)(C)C(=O)N4)[nH]c2c1.